The monoisotopic (exact) mass is 229 g/mol. The summed E-state index contributed by atoms with van der Waals surface area (Å²) in [4.78, 5) is 0.592. The van der Waals surface area contributed by atoms with Gasteiger partial charge in [-0.25, -0.2) is 0 Å². The predicted molar refractivity (Wildman–Crippen MR) is 68.0 cm³/mol. The molecule has 0 amide bonds. The molecule has 0 aromatic carbocycles. The molecule has 2 nitrogen and oxygen atoms in total. The highest BCUT2D eigenvalue weighted by Crippen LogP contribution is 2.24. The summed E-state index contributed by atoms with van der Waals surface area (Å²) in [6.07, 6.45) is 7.89. The van der Waals surface area contributed by atoms with Gasteiger partial charge in [-0.1, -0.05) is 45.3 Å². The second-order valence-electron chi connectivity index (χ2n) is 5.13. The maximum Gasteiger partial charge on any atom is 0.0785 e. The van der Waals surface area contributed by atoms with Crippen LogP contribution in [0.5, 0.6) is 0 Å². The summed E-state index contributed by atoms with van der Waals surface area (Å²) in [7, 11) is 0. The van der Waals surface area contributed by atoms with Crippen molar-refractivity contribution in [2.45, 2.75) is 58.5 Å². The van der Waals surface area contributed by atoms with E-state index in [9.17, 15) is 0 Å². The molecular formula is C12H23NOS. The Hall–Kier alpha value is -0.150. The highest BCUT2D eigenvalue weighted by atomic mass is 32.1. The standard InChI is InChI=1S/C12H23NOS/c1-12(2,11(13)15)8-9-14-10-6-4-3-5-7-10/h10H,3-9H2,1-2H3,(H2,13,15). The van der Waals surface area contributed by atoms with Crippen molar-refractivity contribution in [2.24, 2.45) is 11.1 Å². The van der Waals surface area contributed by atoms with Crippen LogP contribution in [-0.4, -0.2) is 17.7 Å². The van der Waals surface area contributed by atoms with Gasteiger partial charge in [-0.15, -0.1) is 0 Å². The van der Waals surface area contributed by atoms with Crippen LogP contribution in [0.3, 0.4) is 0 Å². The maximum absolute atomic E-state index is 5.85. The average molecular weight is 229 g/mol. The number of thiocarbonyl (C=S) groups is 1. The first-order valence-electron chi connectivity index (χ1n) is 5.94. The minimum absolute atomic E-state index is 0.0655. The number of ether oxygens (including phenoxy) is 1. The van der Waals surface area contributed by atoms with Gasteiger partial charge in [0.25, 0.3) is 0 Å². The molecule has 1 aliphatic rings. The molecule has 0 aromatic rings. The largest absolute Gasteiger partial charge is 0.393 e. The molecule has 1 aliphatic carbocycles. The zero-order chi connectivity index (χ0) is 11.3. The highest BCUT2D eigenvalue weighted by molar-refractivity contribution is 7.80. The third-order valence-electron chi connectivity index (χ3n) is 3.30. The maximum atomic E-state index is 5.85. The Morgan fingerprint density at radius 2 is 1.93 bits per heavy atom. The molecule has 1 saturated carbocycles. The van der Waals surface area contributed by atoms with Crippen LogP contribution in [0, 0.1) is 5.41 Å². The summed E-state index contributed by atoms with van der Waals surface area (Å²) < 4.78 is 5.85. The summed E-state index contributed by atoms with van der Waals surface area (Å²) in [6, 6.07) is 0. The molecule has 15 heavy (non-hydrogen) atoms. The second kappa shape index (κ2) is 5.80. The SMILES string of the molecule is CC(C)(CCOC1CCCCC1)C(N)=S. The topological polar surface area (TPSA) is 35.2 Å². The normalized spacial score (nSPS) is 19.1. The van der Waals surface area contributed by atoms with Crippen LogP contribution in [0.25, 0.3) is 0 Å². The Morgan fingerprint density at radius 1 is 1.33 bits per heavy atom. The summed E-state index contributed by atoms with van der Waals surface area (Å²) in [5, 5.41) is 0. The average Bonchev–Trinajstić information content (AvgIpc) is 2.19. The van der Waals surface area contributed by atoms with E-state index in [0.29, 0.717) is 11.1 Å². The van der Waals surface area contributed by atoms with E-state index in [-0.39, 0.29) is 5.41 Å². The van der Waals surface area contributed by atoms with Crippen molar-refractivity contribution in [3.63, 3.8) is 0 Å². The van der Waals surface area contributed by atoms with Gasteiger partial charge in [0.05, 0.1) is 11.1 Å². The molecule has 88 valence electrons. The molecule has 0 atom stereocenters. The summed E-state index contributed by atoms with van der Waals surface area (Å²) >= 11 is 5.02. The first-order valence-corrected chi connectivity index (χ1v) is 6.35. The van der Waals surface area contributed by atoms with E-state index < -0.39 is 0 Å². The van der Waals surface area contributed by atoms with Gasteiger partial charge in [-0.05, 0) is 19.3 Å². The van der Waals surface area contributed by atoms with Crippen molar-refractivity contribution in [3.8, 4) is 0 Å². The minimum atomic E-state index is -0.0655. The van der Waals surface area contributed by atoms with E-state index in [1.807, 2.05) is 0 Å². The van der Waals surface area contributed by atoms with Crippen LogP contribution in [-0.2, 0) is 4.74 Å². The number of hydrogen-bond acceptors (Lipinski definition) is 2. The lowest BCUT2D eigenvalue weighted by atomic mass is 9.90. The van der Waals surface area contributed by atoms with Crippen LogP contribution in [0.2, 0.25) is 0 Å². The van der Waals surface area contributed by atoms with Crippen molar-refractivity contribution in [1.29, 1.82) is 0 Å². The number of nitrogens with two attached hydrogens (primary N) is 1. The van der Waals surface area contributed by atoms with Gasteiger partial charge in [0.15, 0.2) is 0 Å². The van der Waals surface area contributed by atoms with Crippen molar-refractivity contribution < 1.29 is 4.74 Å². The first kappa shape index (κ1) is 12.9. The molecule has 1 rings (SSSR count). The van der Waals surface area contributed by atoms with Crippen LogP contribution < -0.4 is 5.73 Å². The zero-order valence-corrected chi connectivity index (χ0v) is 10.7. The van der Waals surface area contributed by atoms with Crippen LogP contribution >= 0.6 is 12.2 Å². The van der Waals surface area contributed by atoms with Crippen LogP contribution in [0.1, 0.15) is 52.4 Å². The predicted octanol–water partition coefficient (Wildman–Crippen LogP) is 3.04. The van der Waals surface area contributed by atoms with Crippen LogP contribution in [0.4, 0.5) is 0 Å². The van der Waals surface area contributed by atoms with Gasteiger partial charge in [-0.3, -0.25) is 0 Å². The third kappa shape index (κ3) is 4.47. The molecule has 2 N–H and O–H groups in total. The van der Waals surface area contributed by atoms with E-state index in [1.165, 1.54) is 32.1 Å². The van der Waals surface area contributed by atoms with Gasteiger partial charge in [0, 0.05) is 12.0 Å². The van der Waals surface area contributed by atoms with Gasteiger partial charge in [0.1, 0.15) is 0 Å². The second-order valence-corrected chi connectivity index (χ2v) is 5.57. The van der Waals surface area contributed by atoms with Gasteiger partial charge >= 0.3 is 0 Å². The zero-order valence-electron chi connectivity index (χ0n) is 9.92. The van der Waals surface area contributed by atoms with Gasteiger partial charge < -0.3 is 10.5 Å². The van der Waals surface area contributed by atoms with Crippen molar-refractivity contribution in [2.75, 3.05) is 6.61 Å². The lowest BCUT2D eigenvalue weighted by Gasteiger charge is -2.26. The molecule has 0 unspecified atom stereocenters. The molecule has 0 bridgehead atoms. The third-order valence-corrected chi connectivity index (χ3v) is 3.85. The fourth-order valence-electron chi connectivity index (χ4n) is 1.84. The molecule has 0 saturated heterocycles. The fraction of sp³-hybridized carbons (Fsp3) is 0.917. The van der Waals surface area contributed by atoms with Gasteiger partial charge in [-0.2, -0.15) is 0 Å². The quantitative estimate of drug-likeness (QED) is 0.736. The number of rotatable bonds is 5. The lowest BCUT2D eigenvalue weighted by Crippen LogP contribution is -2.31. The summed E-state index contributed by atoms with van der Waals surface area (Å²) in [5.74, 6) is 0. The molecule has 0 spiro atoms. The van der Waals surface area contributed by atoms with E-state index in [1.54, 1.807) is 0 Å². The van der Waals surface area contributed by atoms with E-state index in [2.05, 4.69) is 13.8 Å². The van der Waals surface area contributed by atoms with Crippen molar-refractivity contribution in [3.05, 3.63) is 0 Å². The van der Waals surface area contributed by atoms with E-state index in [4.69, 9.17) is 22.7 Å². The van der Waals surface area contributed by atoms with Crippen molar-refractivity contribution >= 4 is 17.2 Å². The molecule has 0 aromatic heterocycles. The van der Waals surface area contributed by atoms with Gasteiger partial charge in [0.2, 0.25) is 0 Å². The molecule has 1 fully saturated rings. The van der Waals surface area contributed by atoms with E-state index in [0.717, 1.165) is 13.0 Å². The Balaban J connectivity index is 2.17. The molecule has 0 radical (unpaired) electrons. The Labute approximate surface area is 98.6 Å². The summed E-state index contributed by atoms with van der Waals surface area (Å²) in [6.45, 7) is 4.95. The molecular weight excluding hydrogens is 206 g/mol. The first-order chi connectivity index (χ1) is 7.02. The Kier molecular flexibility index (Phi) is 5.00. The number of hydrogen-bond donors (Lipinski definition) is 1. The van der Waals surface area contributed by atoms with Crippen LogP contribution in [0.15, 0.2) is 0 Å². The summed E-state index contributed by atoms with van der Waals surface area (Å²) in [5.41, 5.74) is 5.60. The lowest BCUT2D eigenvalue weighted by molar-refractivity contribution is 0.0197. The molecule has 0 heterocycles. The highest BCUT2D eigenvalue weighted by Gasteiger charge is 2.22. The minimum Gasteiger partial charge on any atom is -0.393 e. The molecule has 3 heteroatoms. The Morgan fingerprint density at radius 3 is 2.47 bits per heavy atom. The fourth-order valence-corrected chi connectivity index (χ4v) is 1.94. The van der Waals surface area contributed by atoms with Crippen molar-refractivity contribution in [1.82, 2.24) is 0 Å². The molecule has 0 aliphatic heterocycles. The van der Waals surface area contributed by atoms with E-state index >= 15 is 0 Å². The Bertz CT molecular complexity index is 210. The smallest absolute Gasteiger partial charge is 0.0785 e.